The summed E-state index contributed by atoms with van der Waals surface area (Å²) in [5.41, 5.74) is 3.59. The second kappa shape index (κ2) is 7.57. The van der Waals surface area contributed by atoms with Crippen LogP contribution in [0.25, 0.3) is 5.78 Å². The number of carbonyl (C=O) groups excluding carboxylic acids is 1. The van der Waals surface area contributed by atoms with Gasteiger partial charge in [0.15, 0.2) is 0 Å². The van der Waals surface area contributed by atoms with Crippen LogP contribution >= 0.6 is 0 Å². The first-order valence-electron chi connectivity index (χ1n) is 8.88. The molecule has 1 N–H and O–H groups in total. The Labute approximate surface area is 159 Å². The van der Waals surface area contributed by atoms with Gasteiger partial charge in [-0.05, 0) is 49.9 Å². The maximum atomic E-state index is 12.8. The third-order valence-corrected chi connectivity index (χ3v) is 4.55. The number of alkyl halides is 3. The molecule has 0 aliphatic carbocycles. The summed E-state index contributed by atoms with van der Waals surface area (Å²) < 4.78 is 39.6. The Bertz CT molecular complexity index is 1010. The molecule has 0 atom stereocenters. The van der Waals surface area contributed by atoms with Gasteiger partial charge in [-0.2, -0.15) is 18.2 Å². The second-order valence-electron chi connectivity index (χ2n) is 6.50. The van der Waals surface area contributed by atoms with Crippen molar-refractivity contribution in [3.8, 4) is 0 Å². The van der Waals surface area contributed by atoms with E-state index >= 15 is 0 Å². The van der Waals surface area contributed by atoms with Crippen molar-refractivity contribution >= 4 is 17.4 Å². The fourth-order valence-electron chi connectivity index (χ4n) is 2.98. The van der Waals surface area contributed by atoms with Crippen LogP contribution in [0.15, 0.2) is 24.3 Å². The van der Waals surface area contributed by atoms with E-state index in [2.05, 4.69) is 27.3 Å². The van der Waals surface area contributed by atoms with Crippen LogP contribution in [0.3, 0.4) is 0 Å². The summed E-state index contributed by atoms with van der Waals surface area (Å²) in [6, 6.07) is 7.58. The van der Waals surface area contributed by atoms with E-state index in [0.29, 0.717) is 29.1 Å². The second-order valence-corrected chi connectivity index (χ2v) is 6.50. The standard InChI is InChI=1S/C19H20F3N5O/c1-4-13-5-7-14(8-6-13)24-16(28)10-9-15-11(2)23-18-25-17(19(20,21)22)26-27(18)12(15)3/h5-8H,4,9-10H2,1-3H3,(H,24,28). The largest absolute Gasteiger partial charge is 0.453 e. The molecule has 3 aromatic rings. The third kappa shape index (κ3) is 4.13. The summed E-state index contributed by atoms with van der Waals surface area (Å²) in [5.74, 6) is -1.52. The average molecular weight is 391 g/mol. The molecule has 2 heterocycles. The normalized spacial score (nSPS) is 11.8. The van der Waals surface area contributed by atoms with E-state index in [9.17, 15) is 18.0 Å². The topological polar surface area (TPSA) is 72.2 Å². The van der Waals surface area contributed by atoms with Crippen molar-refractivity contribution in [3.05, 3.63) is 52.6 Å². The minimum absolute atomic E-state index is 0.105. The van der Waals surface area contributed by atoms with E-state index in [1.54, 1.807) is 13.8 Å². The predicted molar refractivity (Wildman–Crippen MR) is 98.0 cm³/mol. The molecule has 9 heteroatoms. The van der Waals surface area contributed by atoms with Crippen LogP contribution < -0.4 is 5.32 Å². The zero-order valence-corrected chi connectivity index (χ0v) is 15.8. The van der Waals surface area contributed by atoms with Crippen LogP contribution in [-0.4, -0.2) is 25.5 Å². The van der Waals surface area contributed by atoms with E-state index in [4.69, 9.17) is 0 Å². The van der Waals surface area contributed by atoms with Crippen LogP contribution in [0.1, 0.15) is 41.7 Å². The van der Waals surface area contributed by atoms with Gasteiger partial charge >= 0.3 is 6.18 Å². The minimum atomic E-state index is -4.64. The average Bonchev–Trinajstić information content (AvgIpc) is 3.07. The molecule has 0 unspecified atom stereocenters. The molecule has 1 amide bonds. The van der Waals surface area contributed by atoms with Gasteiger partial charge in [-0.25, -0.2) is 9.50 Å². The molecule has 6 nitrogen and oxygen atoms in total. The number of rotatable bonds is 5. The summed E-state index contributed by atoms with van der Waals surface area (Å²) in [6.45, 7) is 5.38. The lowest BCUT2D eigenvalue weighted by Crippen LogP contribution is -2.14. The van der Waals surface area contributed by atoms with Gasteiger partial charge < -0.3 is 5.32 Å². The molecule has 148 valence electrons. The van der Waals surface area contributed by atoms with Crippen molar-refractivity contribution in [1.82, 2.24) is 19.6 Å². The quantitative estimate of drug-likeness (QED) is 0.716. The molecule has 28 heavy (non-hydrogen) atoms. The number of nitrogens with zero attached hydrogens (tertiary/aromatic N) is 4. The lowest BCUT2D eigenvalue weighted by atomic mass is 10.1. The first kappa shape index (κ1) is 19.8. The fraction of sp³-hybridized carbons (Fsp3) is 0.368. The highest BCUT2D eigenvalue weighted by atomic mass is 19.4. The van der Waals surface area contributed by atoms with E-state index in [-0.39, 0.29) is 18.1 Å². The lowest BCUT2D eigenvalue weighted by Gasteiger charge is -2.11. The number of hydrogen-bond acceptors (Lipinski definition) is 4. The number of carbonyl (C=O) groups is 1. The Morgan fingerprint density at radius 1 is 1.14 bits per heavy atom. The summed E-state index contributed by atoms with van der Waals surface area (Å²) in [4.78, 5) is 19.8. The number of aromatic nitrogens is 4. The van der Waals surface area contributed by atoms with E-state index in [1.165, 1.54) is 5.56 Å². The van der Waals surface area contributed by atoms with E-state index < -0.39 is 12.0 Å². The number of amides is 1. The number of halogens is 3. The number of benzene rings is 1. The smallest absolute Gasteiger partial charge is 0.326 e. The van der Waals surface area contributed by atoms with Crippen LogP contribution in [0.4, 0.5) is 18.9 Å². The van der Waals surface area contributed by atoms with Gasteiger partial charge in [-0.3, -0.25) is 4.79 Å². The number of fused-ring (bicyclic) bond motifs is 1. The molecule has 3 rings (SSSR count). The van der Waals surface area contributed by atoms with Gasteiger partial charge in [0.1, 0.15) is 0 Å². The SMILES string of the molecule is CCc1ccc(NC(=O)CCc2c(C)nc3nc(C(F)(F)F)nn3c2C)cc1. The van der Waals surface area contributed by atoms with Crippen molar-refractivity contribution in [2.45, 2.75) is 46.2 Å². The third-order valence-electron chi connectivity index (χ3n) is 4.55. The number of anilines is 1. The molecule has 2 aromatic heterocycles. The van der Waals surface area contributed by atoms with Gasteiger partial charge in [0.05, 0.1) is 0 Å². The van der Waals surface area contributed by atoms with Crippen molar-refractivity contribution in [2.24, 2.45) is 0 Å². The van der Waals surface area contributed by atoms with Crippen molar-refractivity contribution in [2.75, 3.05) is 5.32 Å². The van der Waals surface area contributed by atoms with Gasteiger partial charge in [0.2, 0.25) is 5.91 Å². The zero-order chi connectivity index (χ0) is 20.5. The maximum Gasteiger partial charge on any atom is 0.453 e. The van der Waals surface area contributed by atoms with Crippen molar-refractivity contribution in [1.29, 1.82) is 0 Å². The highest BCUT2D eigenvalue weighted by Crippen LogP contribution is 2.27. The molecule has 0 bridgehead atoms. The van der Waals surface area contributed by atoms with Gasteiger partial charge in [0, 0.05) is 23.5 Å². The molecule has 0 saturated heterocycles. The summed E-state index contributed by atoms with van der Waals surface area (Å²) in [7, 11) is 0. The highest BCUT2D eigenvalue weighted by Gasteiger charge is 2.36. The monoisotopic (exact) mass is 391 g/mol. The van der Waals surface area contributed by atoms with Gasteiger partial charge in [0.25, 0.3) is 11.6 Å². The Morgan fingerprint density at radius 3 is 2.43 bits per heavy atom. The molecule has 0 aliphatic heterocycles. The number of nitrogens with one attached hydrogen (secondary N) is 1. The van der Waals surface area contributed by atoms with Crippen molar-refractivity contribution < 1.29 is 18.0 Å². The Balaban J connectivity index is 1.75. The molecular weight excluding hydrogens is 371 g/mol. The predicted octanol–water partition coefficient (Wildman–Crippen LogP) is 3.89. The van der Waals surface area contributed by atoms with Gasteiger partial charge in [-0.15, -0.1) is 5.10 Å². The lowest BCUT2D eigenvalue weighted by molar-refractivity contribution is -0.144. The summed E-state index contributed by atoms with van der Waals surface area (Å²) in [6.07, 6.45) is -3.21. The molecule has 0 radical (unpaired) electrons. The highest BCUT2D eigenvalue weighted by molar-refractivity contribution is 5.90. The molecule has 0 saturated carbocycles. The van der Waals surface area contributed by atoms with Crippen LogP contribution in [0.5, 0.6) is 0 Å². The molecule has 0 fully saturated rings. The Kier molecular flexibility index (Phi) is 5.35. The van der Waals surface area contributed by atoms with Gasteiger partial charge in [-0.1, -0.05) is 19.1 Å². The van der Waals surface area contributed by atoms with E-state index in [0.717, 1.165) is 10.9 Å². The molecule has 0 spiro atoms. The Morgan fingerprint density at radius 2 is 1.82 bits per heavy atom. The molecule has 1 aromatic carbocycles. The fourth-order valence-corrected chi connectivity index (χ4v) is 2.98. The Hall–Kier alpha value is -2.97. The molecule has 0 aliphatic rings. The summed E-state index contributed by atoms with van der Waals surface area (Å²) in [5, 5.41) is 6.33. The van der Waals surface area contributed by atoms with Crippen LogP contribution in [0, 0.1) is 13.8 Å². The first-order chi connectivity index (χ1) is 13.2. The maximum absolute atomic E-state index is 12.8. The molecular formula is C19H20F3N5O. The van der Waals surface area contributed by atoms with Crippen LogP contribution in [0.2, 0.25) is 0 Å². The summed E-state index contributed by atoms with van der Waals surface area (Å²) >= 11 is 0. The van der Waals surface area contributed by atoms with Crippen LogP contribution in [-0.2, 0) is 23.8 Å². The number of hydrogen-bond donors (Lipinski definition) is 1. The number of aryl methyl sites for hydroxylation is 3. The minimum Gasteiger partial charge on any atom is -0.326 e. The zero-order valence-electron chi connectivity index (χ0n) is 15.8. The van der Waals surface area contributed by atoms with Crippen molar-refractivity contribution in [3.63, 3.8) is 0 Å². The van der Waals surface area contributed by atoms with E-state index in [1.807, 2.05) is 24.3 Å². The first-order valence-corrected chi connectivity index (χ1v) is 8.88.